The maximum atomic E-state index is 3.59. The van der Waals surface area contributed by atoms with Crippen LogP contribution in [0.3, 0.4) is 0 Å². The molecule has 1 rings (SSSR count). The third-order valence-corrected chi connectivity index (χ3v) is 4.09. The van der Waals surface area contributed by atoms with Crippen molar-refractivity contribution in [3.8, 4) is 0 Å². The Hall–Kier alpha value is -0.540. The van der Waals surface area contributed by atoms with E-state index in [1.165, 1.54) is 24.1 Å². The molecule has 20 heavy (non-hydrogen) atoms. The highest BCUT2D eigenvalue weighted by Gasteiger charge is 2.15. The van der Waals surface area contributed by atoms with Crippen molar-refractivity contribution in [1.29, 1.82) is 0 Å². The van der Waals surface area contributed by atoms with Crippen LogP contribution in [-0.2, 0) is 6.54 Å². The fourth-order valence-electron chi connectivity index (χ4n) is 2.25. The van der Waals surface area contributed by atoms with Crippen LogP contribution in [0.4, 0.5) is 5.69 Å². The lowest BCUT2D eigenvalue weighted by atomic mass is 10.1. The monoisotopic (exact) mass is 340 g/mol. The average molecular weight is 341 g/mol. The molecular weight excluding hydrogens is 312 g/mol. The molecule has 2 nitrogen and oxygen atoms in total. The molecule has 0 amide bonds. The predicted molar refractivity (Wildman–Crippen MR) is 93.5 cm³/mol. The maximum Gasteiger partial charge on any atom is 0.0412 e. The van der Waals surface area contributed by atoms with Crippen LogP contribution >= 0.6 is 15.9 Å². The van der Waals surface area contributed by atoms with Gasteiger partial charge in [-0.05, 0) is 57.9 Å². The highest BCUT2D eigenvalue weighted by atomic mass is 79.9. The molecule has 1 aromatic rings. The summed E-state index contributed by atoms with van der Waals surface area (Å²) in [7, 11) is 2.20. The summed E-state index contributed by atoms with van der Waals surface area (Å²) in [6, 6.07) is 7.14. The first-order valence-corrected chi connectivity index (χ1v) is 8.30. The van der Waals surface area contributed by atoms with Crippen molar-refractivity contribution in [3.63, 3.8) is 0 Å². The highest BCUT2D eigenvalue weighted by molar-refractivity contribution is 9.10. The zero-order valence-corrected chi connectivity index (χ0v) is 15.3. The minimum absolute atomic E-state index is 0.132. The van der Waals surface area contributed by atoms with E-state index >= 15 is 0 Å². The van der Waals surface area contributed by atoms with E-state index in [-0.39, 0.29) is 5.54 Å². The molecule has 0 heterocycles. The van der Waals surface area contributed by atoms with Crippen molar-refractivity contribution in [2.75, 3.05) is 11.9 Å². The molecule has 0 saturated carbocycles. The number of hydrogen-bond acceptors (Lipinski definition) is 2. The number of benzene rings is 1. The summed E-state index contributed by atoms with van der Waals surface area (Å²) >= 11 is 3.59. The summed E-state index contributed by atoms with van der Waals surface area (Å²) in [5.41, 5.74) is 2.80. The van der Waals surface area contributed by atoms with E-state index in [4.69, 9.17) is 0 Å². The van der Waals surface area contributed by atoms with Crippen molar-refractivity contribution >= 4 is 21.6 Å². The molecule has 0 spiro atoms. The minimum Gasteiger partial charge on any atom is -0.372 e. The Kier molecular flexibility index (Phi) is 6.53. The highest BCUT2D eigenvalue weighted by Crippen LogP contribution is 2.26. The van der Waals surface area contributed by atoms with Crippen molar-refractivity contribution < 1.29 is 0 Å². The number of hydrogen-bond donors (Lipinski definition) is 1. The normalized spacial score (nSPS) is 13.3. The second-order valence-corrected chi connectivity index (χ2v) is 7.54. The summed E-state index contributed by atoms with van der Waals surface area (Å²) in [4.78, 5) is 2.40. The molecule has 1 aromatic carbocycles. The van der Waals surface area contributed by atoms with E-state index < -0.39 is 0 Å². The number of nitrogens with zero attached hydrogens (tertiary/aromatic N) is 1. The number of nitrogens with one attached hydrogen (secondary N) is 1. The first-order chi connectivity index (χ1) is 9.24. The molecule has 1 atom stereocenters. The Bertz CT molecular complexity index is 423. The van der Waals surface area contributed by atoms with Crippen molar-refractivity contribution in [2.24, 2.45) is 0 Å². The minimum atomic E-state index is 0.132. The van der Waals surface area contributed by atoms with Gasteiger partial charge >= 0.3 is 0 Å². The second-order valence-electron chi connectivity index (χ2n) is 6.63. The standard InChI is InChI=1S/C17H29BrN2/c1-7-8-13(2)20(6)16-10-9-15(18)11-14(16)12-19-17(3,4)5/h9-11,13,19H,7-8,12H2,1-6H3. The summed E-state index contributed by atoms with van der Waals surface area (Å²) < 4.78 is 1.14. The van der Waals surface area contributed by atoms with E-state index in [1.807, 2.05) is 0 Å². The van der Waals surface area contributed by atoms with E-state index in [9.17, 15) is 0 Å². The summed E-state index contributed by atoms with van der Waals surface area (Å²) in [5, 5.41) is 3.58. The topological polar surface area (TPSA) is 15.3 Å². The lowest BCUT2D eigenvalue weighted by Gasteiger charge is -2.30. The zero-order chi connectivity index (χ0) is 15.3. The van der Waals surface area contributed by atoms with Gasteiger partial charge in [0.2, 0.25) is 0 Å². The van der Waals surface area contributed by atoms with E-state index in [0.29, 0.717) is 6.04 Å². The first kappa shape index (κ1) is 17.5. The Morgan fingerprint density at radius 3 is 2.50 bits per heavy atom. The summed E-state index contributed by atoms with van der Waals surface area (Å²) in [6.45, 7) is 12.0. The Morgan fingerprint density at radius 1 is 1.30 bits per heavy atom. The van der Waals surface area contributed by atoms with Crippen LogP contribution in [0.5, 0.6) is 0 Å². The Labute approximate surface area is 133 Å². The van der Waals surface area contributed by atoms with Crippen LogP contribution in [-0.4, -0.2) is 18.6 Å². The SMILES string of the molecule is CCCC(C)N(C)c1ccc(Br)cc1CNC(C)(C)C. The van der Waals surface area contributed by atoms with Crippen LogP contribution in [0.2, 0.25) is 0 Å². The summed E-state index contributed by atoms with van der Waals surface area (Å²) in [6.07, 6.45) is 2.44. The molecule has 1 N–H and O–H groups in total. The molecule has 3 heteroatoms. The van der Waals surface area contributed by atoms with Gasteiger partial charge in [-0.15, -0.1) is 0 Å². The van der Waals surface area contributed by atoms with Crippen LogP contribution in [0, 0.1) is 0 Å². The van der Waals surface area contributed by atoms with Crippen molar-refractivity contribution in [1.82, 2.24) is 5.32 Å². The fourth-order valence-corrected chi connectivity index (χ4v) is 2.66. The molecule has 114 valence electrons. The lowest BCUT2D eigenvalue weighted by molar-refractivity contribution is 0.424. The zero-order valence-electron chi connectivity index (χ0n) is 13.8. The van der Waals surface area contributed by atoms with Gasteiger partial charge in [0.25, 0.3) is 0 Å². The molecule has 0 bridgehead atoms. The number of halogens is 1. The van der Waals surface area contributed by atoms with Gasteiger partial charge in [0, 0.05) is 35.3 Å². The van der Waals surface area contributed by atoms with Gasteiger partial charge in [0.1, 0.15) is 0 Å². The quantitative estimate of drug-likeness (QED) is 0.786. The van der Waals surface area contributed by atoms with Gasteiger partial charge in [0.05, 0.1) is 0 Å². The second kappa shape index (κ2) is 7.46. The molecular formula is C17H29BrN2. The lowest BCUT2D eigenvalue weighted by Crippen LogP contribution is -2.36. The molecule has 1 unspecified atom stereocenters. The number of anilines is 1. The van der Waals surface area contributed by atoms with Crippen LogP contribution in [0.25, 0.3) is 0 Å². The number of rotatable bonds is 6. The summed E-state index contributed by atoms with van der Waals surface area (Å²) in [5.74, 6) is 0. The molecule has 0 radical (unpaired) electrons. The van der Waals surface area contributed by atoms with Gasteiger partial charge in [-0.2, -0.15) is 0 Å². The van der Waals surface area contributed by atoms with Gasteiger partial charge < -0.3 is 10.2 Å². The van der Waals surface area contributed by atoms with Crippen LogP contribution in [0.15, 0.2) is 22.7 Å². The molecule has 0 saturated heterocycles. The maximum absolute atomic E-state index is 3.59. The van der Waals surface area contributed by atoms with E-state index in [1.54, 1.807) is 0 Å². The van der Waals surface area contributed by atoms with Crippen LogP contribution in [0.1, 0.15) is 53.0 Å². The Morgan fingerprint density at radius 2 is 1.95 bits per heavy atom. The van der Waals surface area contributed by atoms with Gasteiger partial charge in [0.15, 0.2) is 0 Å². The molecule has 0 fully saturated rings. The van der Waals surface area contributed by atoms with Crippen LogP contribution < -0.4 is 10.2 Å². The Balaban J connectivity index is 2.94. The van der Waals surface area contributed by atoms with E-state index in [0.717, 1.165) is 11.0 Å². The smallest absolute Gasteiger partial charge is 0.0412 e. The molecule has 0 aliphatic carbocycles. The molecule has 0 aliphatic heterocycles. The largest absolute Gasteiger partial charge is 0.372 e. The van der Waals surface area contributed by atoms with Gasteiger partial charge in [-0.25, -0.2) is 0 Å². The first-order valence-electron chi connectivity index (χ1n) is 7.51. The van der Waals surface area contributed by atoms with Gasteiger partial charge in [-0.3, -0.25) is 0 Å². The van der Waals surface area contributed by atoms with Crippen molar-refractivity contribution in [3.05, 3.63) is 28.2 Å². The average Bonchev–Trinajstić information content (AvgIpc) is 2.35. The third kappa shape index (κ3) is 5.45. The predicted octanol–water partition coefficient (Wildman–Crippen LogP) is 4.96. The van der Waals surface area contributed by atoms with Gasteiger partial charge in [-0.1, -0.05) is 29.3 Å². The van der Waals surface area contributed by atoms with Crippen molar-refractivity contribution in [2.45, 2.75) is 65.6 Å². The van der Waals surface area contributed by atoms with E-state index in [2.05, 4.69) is 86.0 Å². The third-order valence-electron chi connectivity index (χ3n) is 3.60. The molecule has 0 aliphatic rings. The molecule has 0 aromatic heterocycles. The fraction of sp³-hybridized carbons (Fsp3) is 0.647.